The molecule has 0 aliphatic carbocycles. The zero-order valence-electron chi connectivity index (χ0n) is 16.4. The number of anilines is 2. The Bertz CT molecular complexity index is 1030. The first kappa shape index (κ1) is 19.5. The average molecular weight is 415 g/mol. The van der Waals surface area contributed by atoms with E-state index in [1.165, 1.54) is 29.9 Å². The zero-order valence-corrected chi connectivity index (χ0v) is 17.2. The van der Waals surface area contributed by atoms with E-state index in [9.17, 15) is 9.18 Å². The van der Waals surface area contributed by atoms with Crippen molar-refractivity contribution >= 4 is 39.2 Å². The van der Waals surface area contributed by atoms with Crippen LogP contribution in [-0.2, 0) is 11.2 Å². The molecule has 4 rings (SSSR count). The summed E-state index contributed by atoms with van der Waals surface area (Å²) >= 11 is 1.41. The smallest absolute Gasteiger partial charge is 0.341 e. The van der Waals surface area contributed by atoms with E-state index in [1.54, 1.807) is 13.0 Å². The number of piperazine rings is 1. The molecule has 0 amide bonds. The van der Waals surface area contributed by atoms with Crippen LogP contribution in [0.4, 0.5) is 15.2 Å². The summed E-state index contributed by atoms with van der Waals surface area (Å²) in [5, 5.41) is 1.53. The van der Waals surface area contributed by atoms with Crippen LogP contribution in [0, 0.1) is 5.82 Å². The summed E-state index contributed by atoms with van der Waals surface area (Å²) in [6.45, 7) is 6.88. The van der Waals surface area contributed by atoms with E-state index in [4.69, 9.17) is 4.74 Å². The maximum atomic E-state index is 14.0. The van der Waals surface area contributed by atoms with Crippen molar-refractivity contribution in [3.8, 4) is 0 Å². The van der Waals surface area contributed by atoms with Gasteiger partial charge in [-0.2, -0.15) is 4.37 Å². The van der Waals surface area contributed by atoms with E-state index in [0.29, 0.717) is 35.2 Å². The molecule has 0 bridgehead atoms. The largest absolute Gasteiger partial charge is 0.462 e. The lowest BCUT2D eigenvalue weighted by atomic mass is 10.1. The van der Waals surface area contributed by atoms with Crippen LogP contribution < -0.4 is 9.80 Å². The van der Waals surface area contributed by atoms with E-state index in [2.05, 4.69) is 24.1 Å². The number of hydrogen-bond acceptors (Lipinski definition) is 8. The van der Waals surface area contributed by atoms with Gasteiger partial charge in [-0.1, -0.05) is 6.92 Å². The third kappa shape index (κ3) is 3.87. The van der Waals surface area contributed by atoms with E-state index in [0.717, 1.165) is 30.5 Å². The summed E-state index contributed by atoms with van der Waals surface area (Å²) in [7, 11) is 0. The minimum atomic E-state index is -0.444. The molecule has 9 heteroatoms. The molecule has 0 spiro atoms. The van der Waals surface area contributed by atoms with Gasteiger partial charge in [-0.15, -0.1) is 0 Å². The van der Waals surface area contributed by atoms with E-state index >= 15 is 0 Å². The van der Waals surface area contributed by atoms with Gasteiger partial charge in [-0.25, -0.2) is 14.2 Å². The quantitative estimate of drug-likeness (QED) is 0.592. The molecule has 0 radical (unpaired) electrons. The number of esters is 1. The minimum absolute atomic E-state index is 0.268. The van der Waals surface area contributed by atoms with Gasteiger partial charge in [0.25, 0.3) is 0 Å². The third-order valence-electron chi connectivity index (χ3n) is 4.94. The van der Waals surface area contributed by atoms with Crippen LogP contribution in [0.3, 0.4) is 0 Å². The predicted molar refractivity (Wildman–Crippen MR) is 111 cm³/mol. The second-order valence-electron chi connectivity index (χ2n) is 6.72. The van der Waals surface area contributed by atoms with Gasteiger partial charge in [-0.3, -0.25) is 4.98 Å². The molecule has 0 unspecified atom stereocenters. The molecule has 1 aliphatic rings. The summed E-state index contributed by atoms with van der Waals surface area (Å²) < 4.78 is 23.6. The monoisotopic (exact) mass is 415 g/mol. The fourth-order valence-corrected chi connectivity index (χ4v) is 4.29. The summed E-state index contributed by atoms with van der Waals surface area (Å²) in [4.78, 5) is 25.7. The Kier molecular flexibility index (Phi) is 5.57. The maximum absolute atomic E-state index is 14.0. The standard InChI is InChI=1S/C20H22FN5O2S/c1-3-17-23-20(29-24-17)26-9-7-25(8-10-26)18-14-11-13(21)5-6-16(14)22-12-15(18)19(27)28-4-2/h5-6,11-12H,3-4,7-10H2,1-2H3. The van der Waals surface area contributed by atoms with Crippen molar-refractivity contribution in [2.45, 2.75) is 20.3 Å². The number of ether oxygens (including phenoxy) is 1. The predicted octanol–water partition coefficient (Wildman–Crippen LogP) is 3.29. The molecule has 3 aromatic rings. The molecule has 1 saturated heterocycles. The summed E-state index contributed by atoms with van der Waals surface area (Å²) in [6.07, 6.45) is 2.34. The van der Waals surface area contributed by atoms with Gasteiger partial charge < -0.3 is 14.5 Å². The number of hydrogen-bond donors (Lipinski definition) is 0. The molecule has 1 aliphatic heterocycles. The fourth-order valence-electron chi connectivity index (χ4n) is 3.49. The molecule has 3 heterocycles. The number of aryl methyl sites for hydroxylation is 1. The molecule has 1 fully saturated rings. The van der Waals surface area contributed by atoms with E-state index in [-0.39, 0.29) is 12.4 Å². The lowest BCUT2D eigenvalue weighted by Crippen LogP contribution is -2.47. The number of fused-ring (bicyclic) bond motifs is 1. The second kappa shape index (κ2) is 8.28. The number of benzene rings is 1. The van der Waals surface area contributed by atoms with Gasteiger partial charge in [0.2, 0.25) is 5.13 Å². The van der Waals surface area contributed by atoms with Crippen molar-refractivity contribution in [3.63, 3.8) is 0 Å². The lowest BCUT2D eigenvalue weighted by molar-refractivity contribution is 0.0526. The molecule has 29 heavy (non-hydrogen) atoms. The van der Waals surface area contributed by atoms with Crippen LogP contribution in [0.25, 0.3) is 10.9 Å². The number of carbonyl (C=O) groups excluding carboxylic acids is 1. The Labute approximate surface area is 172 Å². The van der Waals surface area contributed by atoms with Crippen LogP contribution >= 0.6 is 11.5 Å². The van der Waals surface area contributed by atoms with E-state index < -0.39 is 5.97 Å². The van der Waals surface area contributed by atoms with Crippen LogP contribution in [0.2, 0.25) is 0 Å². The number of halogens is 1. The lowest BCUT2D eigenvalue weighted by Gasteiger charge is -2.36. The van der Waals surface area contributed by atoms with Crippen molar-refractivity contribution in [2.75, 3.05) is 42.6 Å². The molecule has 0 saturated carbocycles. The first-order valence-electron chi connectivity index (χ1n) is 9.68. The molecule has 7 nitrogen and oxygen atoms in total. The summed E-state index contributed by atoms with van der Waals surface area (Å²) in [6, 6.07) is 4.44. The fraction of sp³-hybridized carbons (Fsp3) is 0.400. The van der Waals surface area contributed by atoms with Gasteiger partial charge in [0.15, 0.2) is 0 Å². The molecular formula is C20H22FN5O2S. The number of rotatable bonds is 5. The highest BCUT2D eigenvalue weighted by Gasteiger charge is 2.26. The van der Waals surface area contributed by atoms with Gasteiger partial charge in [0, 0.05) is 55.7 Å². The third-order valence-corrected chi connectivity index (χ3v) is 5.75. The molecule has 0 atom stereocenters. The molecular weight excluding hydrogens is 393 g/mol. The van der Waals surface area contributed by atoms with Crippen LogP contribution in [-0.4, -0.2) is 53.1 Å². The molecule has 2 aromatic heterocycles. The summed E-state index contributed by atoms with van der Waals surface area (Å²) in [5.41, 5.74) is 1.69. The van der Waals surface area contributed by atoms with Gasteiger partial charge >= 0.3 is 5.97 Å². The van der Waals surface area contributed by atoms with Crippen LogP contribution in [0.5, 0.6) is 0 Å². The second-order valence-corrected chi connectivity index (χ2v) is 7.45. The first-order chi connectivity index (χ1) is 14.1. The Morgan fingerprint density at radius 3 is 2.66 bits per heavy atom. The number of carbonyl (C=O) groups is 1. The van der Waals surface area contributed by atoms with Gasteiger partial charge in [-0.05, 0) is 25.1 Å². The van der Waals surface area contributed by atoms with Crippen molar-refractivity contribution in [1.29, 1.82) is 0 Å². The number of aromatic nitrogens is 3. The summed E-state index contributed by atoms with van der Waals surface area (Å²) in [5.74, 6) is 0.0501. The van der Waals surface area contributed by atoms with Crippen molar-refractivity contribution in [2.24, 2.45) is 0 Å². The van der Waals surface area contributed by atoms with Gasteiger partial charge in [0.1, 0.15) is 17.2 Å². The number of nitrogens with zero attached hydrogens (tertiary/aromatic N) is 5. The first-order valence-corrected chi connectivity index (χ1v) is 10.5. The van der Waals surface area contributed by atoms with Crippen molar-refractivity contribution < 1.29 is 13.9 Å². The Balaban J connectivity index is 1.66. The molecule has 1 aromatic carbocycles. The molecule has 152 valence electrons. The number of pyridine rings is 1. The van der Waals surface area contributed by atoms with E-state index in [1.807, 2.05) is 6.92 Å². The highest BCUT2D eigenvalue weighted by atomic mass is 32.1. The average Bonchev–Trinajstić information content (AvgIpc) is 3.22. The van der Waals surface area contributed by atoms with Crippen molar-refractivity contribution in [1.82, 2.24) is 14.3 Å². The van der Waals surface area contributed by atoms with Crippen LogP contribution in [0.15, 0.2) is 24.4 Å². The highest BCUT2D eigenvalue weighted by molar-refractivity contribution is 7.09. The SMILES string of the molecule is CCOC(=O)c1cnc2ccc(F)cc2c1N1CCN(c2nc(CC)ns2)CC1. The molecule has 0 N–H and O–H groups in total. The highest BCUT2D eigenvalue weighted by Crippen LogP contribution is 2.32. The zero-order chi connectivity index (χ0) is 20.4. The van der Waals surface area contributed by atoms with Crippen molar-refractivity contribution in [3.05, 3.63) is 41.6 Å². The Morgan fingerprint density at radius 2 is 1.97 bits per heavy atom. The van der Waals surface area contributed by atoms with Crippen LogP contribution in [0.1, 0.15) is 30.0 Å². The minimum Gasteiger partial charge on any atom is -0.462 e. The topological polar surface area (TPSA) is 71.5 Å². The Hall–Kier alpha value is -2.81. The maximum Gasteiger partial charge on any atom is 0.341 e. The Morgan fingerprint density at radius 1 is 1.21 bits per heavy atom. The normalized spacial score (nSPS) is 14.4. The van der Waals surface area contributed by atoms with Gasteiger partial charge in [0.05, 0.1) is 17.8 Å².